The number of rotatable bonds is 3. The zero-order valence-electron chi connectivity index (χ0n) is 13.3. The van der Waals surface area contributed by atoms with E-state index >= 15 is 0 Å². The van der Waals surface area contributed by atoms with Crippen molar-refractivity contribution in [2.24, 2.45) is 0 Å². The predicted octanol–water partition coefficient (Wildman–Crippen LogP) is 3.44. The Morgan fingerprint density at radius 3 is 2.00 bits per heavy atom. The van der Waals surface area contributed by atoms with Crippen molar-refractivity contribution >= 4 is 17.5 Å². The standard InChI is InChI=1S/C19H19NO3/c1-13-3-5-14(6-4-13)15-11-18(21)20(19(22)12-15)16-7-9-17(23-2)10-8-16/h3-10,15H,11-12H2,1-2H3. The van der Waals surface area contributed by atoms with Gasteiger partial charge in [-0.25, -0.2) is 0 Å². The summed E-state index contributed by atoms with van der Waals surface area (Å²) in [6.07, 6.45) is 0.696. The molecule has 1 aliphatic rings. The third-order valence-electron chi connectivity index (χ3n) is 4.22. The third-order valence-corrected chi connectivity index (χ3v) is 4.22. The monoisotopic (exact) mass is 309 g/mol. The smallest absolute Gasteiger partial charge is 0.234 e. The van der Waals surface area contributed by atoms with Gasteiger partial charge in [-0.05, 0) is 36.8 Å². The zero-order chi connectivity index (χ0) is 16.4. The number of amides is 2. The van der Waals surface area contributed by atoms with Gasteiger partial charge in [0.25, 0.3) is 0 Å². The third kappa shape index (κ3) is 3.11. The second-order valence-corrected chi connectivity index (χ2v) is 5.84. The summed E-state index contributed by atoms with van der Waals surface area (Å²) >= 11 is 0. The molecule has 1 heterocycles. The summed E-state index contributed by atoms with van der Waals surface area (Å²) in [4.78, 5) is 26.3. The van der Waals surface area contributed by atoms with Crippen LogP contribution in [0, 0.1) is 6.92 Å². The first-order valence-corrected chi connectivity index (χ1v) is 7.65. The lowest BCUT2D eigenvalue weighted by molar-refractivity contribution is -0.129. The van der Waals surface area contributed by atoms with Gasteiger partial charge in [0.15, 0.2) is 0 Å². The molecule has 0 aliphatic carbocycles. The maximum atomic E-state index is 12.5. The number of methoxy groups -OCH3 is 1. The van der Waals surface area contributed by atoms with Gasteiger partial charge in [-0.15, -0.1) is 0 Å². The van der Waals surface area contributed by atoms with Gasteiger partial charge in [-0.3, -0.25) is 14.5 Å². The van der Waals surface area contributed by atoms with Crippen molar-refractivity contribution in [2.45, 2.75) is 25.7 Å². The highest BCUT2D eigenvalue weighted by molar-refractivity contribution is 6.17. The fourth-order valence-electron chi connectivity index (χ4n) is 2.91. The number of carbonyl (C=O) groups excluding carboxylic acids is 2. The molecule has 23 heavy (non-hydrogen) atoms. The average Bonchev–Trinajstić information content (AvgIpc) is 2.55. The molecule has 0 atom stereocenters. The fourth-order valence-corrected chi connectivity index (χ4v) is 2.91. The molecule has 0 saturated carbocycles. The van der Waals surface area contributed by atoms with Crippen LogP contribution in [0.1, 0.15) is 29.9 Å². The lowest BCUT2D eigenvalue weighted by Crippen LogP contribution is -2.42. The maximum Gasteiger partial charge on any atom is 0.234 e. The van der Waals surface area contributed by atoms with Crippen LogP contribution in [0.15, 0.2) is 48.5 Å². The Bertz CT molecular complexity index is 701. The van der Waals surface area contributed by atoms with Crippen molar-refractivity contribution in [1.82, 2.24) is 0 Å². The van der Waals surface area contributed by atoms with E-state index in [1.54, 1.807) is 31.4 Å². The molecule has 1 fully saturated rings. The van der Waals surface area contributed by atoms with Crippen molar-refractivity contribution in [3.8, 4) is 5.75 Å². The normalized spacial score (nSPS) is 15.8. The number of piperidine rings is 1. The summed E-state index contributed by atoms with van der Waals surface area (Å²) in [6, 6.07) is 15.0. The molecule has 118 valence electrons. The topological polar surface area (TPSA) is 46.6 Å². The molecule has 1 saturated heterocycles. The van der Waals surface area contributed by atoms with E-state index in [-0.39, 0.29) is 17.7 Å². The SMILES string of the molecule is COc1ccc(N2C(=O)CC(c3ccc(C)cc3)CC2=O)cc1. The number of benzene rings is 2. The van der Waals surface area contributed by atoms with Crippen LogP contribution in [0.2, 0.25) is 0 Å². The molecule has 0 aromatic heterocycles. The second kappa shape index (κ2) is 6.24. The Kier molecular flexibility index (Phi) is 4.15. The largest absolute Gasteiger partial charge is 0.497 e. The Morgan fingerprint density at radius 2 is 1.48 bits per heavy atom. The van der Waals surface area contributed by atoms with Crippen LogP contribution in [-0.4, -0.2) is 18.9 Å². The predicted molar refractivity (Wildman–Crippen MR) is 88.6 cm³/mol. The molecule has 2 amide bonds. The maximum absolute atomic E-state index is 12.5. The number of hydrogen-bond donors (Lipinski definition) is 0. The number of imide groups is 1. The number of aryl methyl sites for hydroxylation is 1. The number of anilines is 1. The lowest BCUT2D eigenvalue weighted by atomic mass is 9.88. The molecule has 4 heteroatoms. The number of nitrogens with zero attached hydrogens (tertiary/aromatic N) is 1. The highest BCUT2D eigenvalue weighted by Gasteiger charge is 2.34. The van der Waals surface area contributed by atoms with Gasteiger partial charge < -0.3 is 4.74 Å². The van der Waals surface area contributed by atoms with Gasteiger partial charge in [0, 0.05) is 18.8 Å². The first-order valence-electron chi connectivity index (χ1n) is 7.65. The molecule has 0 radical (unpaired) electrons. The summed E-state index contributed by atoms with van der Waals surface area (Å²) < 4.78 is 5.11. The molecule has 4 nitrogen and oxygen atoms in total. The average molecular weight is 309 g/mol. The van der Waals surface area contributed by atoms with Crippen LogP contribution in [0.3, 0.4) is 0 Å². The van der Waals surface area contributed by atoms with E-state index in [1.807, 2.05) is 31.2 Å². The minimum Gasteiger partial charge on any atom is -0.497 e. The van der Waals surface area contributed by atoms with Crippen LogP contribution in [-0.2, 0) is 9.59 Å². The molecule has 2 aromatic carbocycles. The van der Waals surface area contributed by atoms with E-state index in [9.17, 15) is 9.59 Å². The summed E-state index contributed by atoms with van der Waals surface area (Å²) in [5.41, 5.74) is 2.82. The summed E-state index contributed by atoms with van der Waals surface area (Å²) in [7, 11) is 1.58. The highest BCUT2D eigenvalue weighted by Crippen LogP contribution is 2.32. The van der Waals surface area contributed by atoms with Crippen molar-refractivity contribution < 1.29 is 14.3 Å². The Morgan fingerprint density at radius 1 is 0.913 bits per heavy atom. The molecule has 0 N–H and O–H groups in total. The number of hydrogen-bond acceptors (Lipinski definition) is 3. The Balaban J connectivity index is 1.80. The van der Waals surface area contributed by atoms with E-state index in [4.69, 9.17) is 4.74 Å². The summed E-state index contributed by atoms with van der Waals surface area (Å²) in [5.74, 6) is 0.349. The van der Waals surface area contributed by atoms with Crippen molar-refractivity contribution in [3.63, 3.8) is 0 Å². The molecule has 0 unspecified atom stereocenters. The van der Waals surface area contributed by atoms with E-state index < -0.39 is 0 Å². The van der Waals surface area contributed by atoms with Crippen LogP contribution < -0.4 is 9.64 Å². The molecular weight excluding hydrogens is 290 g/mol. The molecule has 2 aromatic rings. The fraction of sp³-hybridized carbons (Fsp3) is 0.263. The second-order valence-electron chi connectivity index (χ2n) is 5.84. The van der Waals surface area contributed by atoms with Gasteiger partial charge in [-0.1, -0.05) is 29.8 Å². The molecule has 1 aliphatic heterocycles. The lowest BCUT2D eigenvalue weighted by Gasteiger charge is -2.30. The quantitative estimate of drug-likeness (QED) is 0.816. The number of carbonyl (C=O) groups is 2. The first kappa shape index (κ1) is 15.3. The van der Waals surface area contributed by atoms with E-state index in [0.717, 1.165) is 5.56 Å². The van der Waals surface area contributed by atoms with Gasteiger partial charge in [0.05, 0.1) is 12.8 Å². The van der Waals surface area contributed by atoms with Crippen LogP contribution in [0.25, 0.3) is 0 Å². The number of ether oxygens (including phenoxy) is 1. The van der Waals surface area contributed by atoms with Crippen LogP contribution >= 0.6 is 0 Å². The Hall–Kier alpha value is -2.62. The molecule has 0 spiro atoms. The van der Waals surface area contributed by atoms with Gasteiger partial charge in [-0.2, -0.15) is 0 Å². The van der Waals surface area contributed by atoms with E-state index in [0.29, 0.717) is 24.3 Å². The van der Waals surface area contributed by atoms with Crippen LogP contribution in [0.5, 0.6) is 5.75 Å². The minimum absolute atomic E-state index is 0.0369. The van der Waals surface area contributed by atoms with E-state index in [1.165, 1.54) is 10.5 Å². The van der Waals surface area contributed by atoms with E-state index in [2.05, 4.69) is 0 Å². The van der Waals surface area contributed by atoms with Crippen molar-refractivity contribution in [1.29, 1.82) is 0 Å². The summed E-state index contributed by atoms with van der Waals surface area (Å²) in [5, 5.41) is 0. The molecular formula is C19H19NO3. The van der Waals surface area contributed by atoms with Crippen molar-refractivity contribution in [3.05, 3.63) is 59.7 Å². The van der Waals surface area contributed by atoms with Gasteiger partial charge >= 0.3 is 0 Å². The Labute approximate surface area is 135 Å². The van der Waals surface area contributed by atoms with Gasteiger partial charge in [0.1, 0.15) is 5.75 Å². The van der Waals surface area contributed by atoms with Crippen LogP contribution in [0.4, 0.5) is 5.69 Å². The minimum atomic E-state index is -0.156. The van der Waals surface area contributed by atoms with Gasteiger partial charge in [0.2, 0.25) is 11.8 Å². The highest BCUT2D eigenvalue weighted by atomic mass is 16.5. The molecule has 0 bridgehead atoms. The summed E-state index contributed by atoms with van der Waals surface area (Å²) in [6.45, 7) is 2.02. The van der Waals surface area contributed by atoms with Crippen molar-refractivity contribution in [2.75, 3.05) is 12.0 Å². The zero-order valence-corrected chi connectivity index (χ0v) is 13.3. The molecule has 3 rings (SSSR count). The first-order chi connectivity index (χ1) is 11.1.